The van der Waals surface area contributed by atoms with Crippen LogP contribution in [0.3, 0.4) is 0 Å². The number of fused-ring (bicyclic) bond motifs is 1. The summed E-state index contributed by atoms with van der Waals surface area (Å²) in [5, 5.41) is 4.39. The quantitative estimate of drug-likeness (QED) is 0.437. The van der Waals surface area contributed by atoms with Crippen LogP contribution in [0.2, 0.25) is 25.7 Å². The molecule has 22 heavy (non-hydrogen) atoms. The zero-order chi connectivity index (χ0) is 16.2. The summed E-state index contributed by atoms with van der Waals surface area (Å²) >= 11 is 0. The summed E-state index contributed by atoms with van der Waals surface area (Å²) in [7, 11) is -1.10. The maximum absolute atomic E-state index is 12.0. The van der Waals surface area contributed by atoms with Crippen LogP contribution in [-0.2, 0) is 34.0 Å². The first kappa shape index (κ1) is 17.2. The van der Waals surface area contributed by atoms with E-state index in [2.05, 4.69) is 24.7 Å². The van der Waals surface area contributed by atoms with Crippen LogP contribution in [0.25, 0.3) is 0 Å². The van der Waals surface area contributed by atoms with Gasteiger partial charge >= 0.3 is 5.97 Å². The molecule has 1 aliphatic heterocycles. The van der Waals surface area contributed by atoms with Crippen LogP contribution in [0.15, 0.2) is 0 Å². The van der Waals surface area contributed by atoms with E-state index in [0.717, 1.165) is 23.9 Å². The first-order chi connectivity index (χ1) is 10.4. The van der Waals surface area contributed by atoms with Crippen molar-refractivity contribution in [1.82, 2.24) is 9.78 Å². The molecule has 0 saturated carbocycles. The topological polar surface area (TPSA) is 62.6 Å². The number of hydrogen-bond donors (Lipinski definition) is 0. The number of nitrogens with zero attached hydrogens (tertiary/aromatic N) is 2. The van der Waals surface area contributed by atoms with Crippen LogP contribution >= 0.6 is 0 Å². The normalized spacial score (nSPS) is 14.7. The third-order valence-corrected chi connectivity index (χ3v) is 5.28. The summed E-state index contributed by atoms with van der Waals surface area (Å²) in [6, 6.07) is 1.11. The molecule has 0 aromatic carbocycles. The Morgan fingerprint density at radius 3 is 2.86 bits per heavy atom. The Labute approximate surface area is 132 Å². The lowest BCUT2D eigenvalue weighted by atomic mass is 10.1. The Morgan fingerprint density at radius 1 is 1.41 bits per heavy atom. The number of hydrogen-bond acceptors (Lipinski definition) is 5. The van der Waals surface area contributed by atoms with Crippen LogP contribution in [0.4, 0.5) is 0 Å². The fourth-order valence-corrected chi connectivity index (χ4v) is 3.06. The Morgan fingerprint density at radius 2 is 2.18 bits per heavy atom. The molecular weight excluding hydrogens is 300 g/mol. The number of aromatic nitrogens is 2. The van der Waals surface area contributed by atoms with E-state index in [4.69, 9.17) is 14.2 Å². The number of carbonyl (C=O) groups is 1. The van der Waals surface area contributed by atoms with Gasteiger partial charge in [0.1, 0.15) is 6.73 Å². The number of esters is 1. The van der Waals surface area contributed by atoms with Crippen molar-refractivity contribution in [2.75, 3.05) is 19.8 Å². The molecule has 124 valence electrons. The monoisotopic (exact) mass is 326 g/mol. The first-order valence-corrected chi connectivity index (χ1v) is 11.5. The summed E-state index contributed by atoms with van der Waals surface area (Å²) in [5.74, 6) is -0.360. The van der Waals surface area contributed by atoms with E-state index >= 15 is 0 Å². The highest BCUT2D eigenvalue weighted by Crippen LogP contribution is 2.22. The minimum Gasteiger partial charge on any atom is -0.461 e. The molecule has 6 nitrogen and oxygen atoms in total. The van der Waals surface area contributed by atoms with E-state index in [9.17, 15) is 4.79 Å². The van der Waals surface area contributed by atoms with Gasteiger partial charge in [0.2, 0.25) is 0 Å². The summed E-state index contributed by atoms with van der Waals surface area (Å²) in [4.78, 5) is 12.0. The van der Waals surface area contributed by atoms with Gasteiger partial charge in [-0.1, -0.05) is 19.6 Å². The molecule has 2 heterocycles. The summed E-state index contributed by atoms with van der Waals surface area (Å²) in [6.07, 6.45) is 0.693. The van der Waals surface area contributed by atoms with Crippen molar-refractivity contribution in [3.05, 3.63) is 17.0 Å². The lowest BCUT2D eigenvalue weighted by Gasteiger charge is -2.17. The van der Waals surface area contributed by atoms with Gasteiger partial charge in [0.15, 0.2) is 5.69 Å². The van der Waals surface area contributed by atoms with E-state index in [-0.39, 0.29) is 5.97 Å². The van der Waals surface area contributed by atoms with E-state index < -0.39 is 8.07 Å². The smallest absolute Gasteiger partial charge is 0.359 e. The van der Waals surface area contributed by atoms with Gasteiger partial charge in [-0.2, -0.15) is 5.10 Å². The molecular formula is C15H26N2O4Si. The van der Waals surface area contributed by atoms with E-state index in [1.165, 1.54) is 0 Å². The van der Waals surface area contributed by atoms with Crippen molar-refractivity contribution >= 4 is 14.0 Å². The van der Waals surface area contributed by atoms with Crippen molar-refractivity contribution in [2.45, 2.75) is 52.4 Å². The Kier molecular flexibility index (Phi) is 5.77. The number of ether oxygens (including phenoxy) is 3. The summed E-state index contributed by atoms with van der Waals surface area (Å²) < 4.78 is 18.1. The third-order valence-electron chi connectivity index (χ3n) is 3.58. The second kappa shape index (κ2) is 7.39. The minimum absolute atomic E-state index is 0.351. The molecule has 1 aromatic heterocycles. The van der Waals surface area contributed by atoms with Gasteiger partial charge < -0.3 is 14.2 Å². The standard InChI is InChI=1S/C15H26N2O4Si/c1-5-21-15(18)14-12-6-7-19-10-13(12)17(16-14)11-20-8-9-22(2,3)4/h5-11H2,1-4H3. The molecule has 1 aliphatic rings. The van der Waals surface area contributed by atoms with Crippen molar-refractivity contribution < 1.29 is 19.0 Å². The molecule has 0 saturated heterocycles. The summed E-state index contributed by atoms with van der Waals surface area (Å²) in [5.41, 5.74) is 2.29. The minimum atomic E-state index is -1.10. The summed E-state index contributed by atoms with van der Waals surface area (Å²) in [6.45, 7) is 11.3. The van der Waals surface area contributed by atoms with Gasteiger partial charge in [0.25, 0.3) is 0 Å². The van der Waals surface area contributed by atoms with Crippen molar-refractivity contribution in [3.63, 3.8) is 0 Å². The zero-order valence-electron chi connectivity index (χ0n) is 14.0. The average Bonchev–Trinajstić information content (AvgIpc) is 2.82. The fourth-order valence-electron chi connectivity index (χ4n) is 2.30. The molecule has 0 atom stereocenters. The molecule has 0 amide bonds. The van der Waals surface area contributed by atoms with Crippen molar-refractivity contribution in [2.24, 2.45) is 0 Å². The van der Waals surface area contributed by atoms with Crippen molar-refractivity contribution in [1.29, 1.82) is 0 Å². The van der Waals surface area contributed by atoms with Crippen LogP contribution in [-0.4, -0.2) is 43.6 Å². The highest BCUT2D eigenvalue weighted by atomic mass is 28.3. The van der Waals surface area contributed by atoms with E-state index in [1.807, 2.05) is 0 Å². The Hall–Kier alpha value is -1.18. The average molecular weight is 326 g/mol. The Bertz CT molecular complexity index is 522. The maximum Gasteiger partial charge on any atom is 0.359 e. The first-order valence-electron chi connectivity index (χ1n) is 7.83. The van der Waals surface area contributed by atoms with E-state index in [0.29, 0.717) is 38.7 Å². The third kappa shape index (κ3) is 4.41. The fraction of sp³-hybridized carbons (Fsp3) is 0.733. The van der Waals surface area contributed by atoms with Crippen LogP contribution in [0, 0.1) is 0 Å². The molecule has 0 unspecified atom stereocenters. The predicted molar refractivity (Wildman–Crippen MR) is 85.6 cm³/mol. The van der Waals surface area contributed by atoms with Crippen LogP contribution in [0.5, 0.6) is 0 Å². The Balaban J connectivity index is 2.06. The van der Waals surface area contributed by atoms with Gasteiger partial charge in [-0.3, -0.25) is 0 Å². The van der Waals surface area contributed by atoms with Gasteiger partial charge in [-0.25, -0.2) is 9.48 Å². The second-order valence-corrected chi connectivity index (χ2v) is 12.3. The predicted octanol–water partition coefficient (Wildman–Crippen LogP) is 2.44. The molecule has 7 heteroatoms. The van der Waals surface area contributed by atoms with Crippen LogP contribution in [0.1, 0.15) is 28.7 Å². The van der Waals surface area contributed by atoms with Crippen LogP contribution < -0.4 is 0 Å². The second-order valence-electron chi connectivity index (χ2n) is 6.64. The molecule has 2 rings (SSSR count). The van der Waals surface area contributed by atoms with Gasteiger partial charge in [-0.05, 0) is 13.0 Å². The molecule has 0 aliphatic carbocycles. The van der Waals surface area contributed by atoms with Crippen molar-refractivity contribution in [3.8, 4) is 0 Å². The molecule has 1 aromatic rings. The van der Waals surface area contributed by atoms with Gasteiger partial charge in [-0.15, -0.1) is 0 Å². The molecule has 0 spiro atoms. The van der Waals surface area contributed by atoms with E-state index in [1.54, 1.807) is 11.6 Å². The van der Waals surface area contributed by atoms with Gasteiger partial charge in [0, 0.05) is 26.7 Å². The maximum atomic E-state index is 12.0. The zero-order valence-corrected chi connectivity index (χ0v) is 15.0. The number of rotatable bonds is 7. The largest absolute Gasteiger partial charge is 0.461 e. The molecule has 0 N–H and O–H groups in total. The molecule has 0 fully saturated rings. The highest BCUT2D eigenvalue weighted by molar-refractivity contribution is 6.76. The SMILES string of the molecule is CCOC(=O)c1nn(COCC[Si](C)(C)C)c2c1CCOC2. The lowest BCUT2D eigenvalue weighted by Crippen LogP contribution is -2.22. The lowest BCUT2D eigenvalue weighted by molar-refractivity contribution is 0.0509. The van der Waals surface area contributed by atoms with Gasteiger partial charge in [0.05, 0.1) is 25.5 Å². The highest BCUT2D eigenvalue weighted by Gasteiger charge is 2.26. The number of carbonyl (C=O) groups excluding carboxylic acids is 1. The molecule has 0 radical (unpaired) electrons. The molecule has 0 bridgehead atoms.